The average molecular weight is 224 g/mol. The Morgan fingerprint density at radius 3 is 3.25 bits per heavy atom. The number of ether oxygens (including phenoxy) is 1. The minimum absolute atomic E-state index is 0.226. The fraction of sp³-hybridized carbons (Fsp3) is 0.750. The summed E-state index contributed by atoms with van der Waals surface area (Å²) in [6.07, 6.45) is 7.42. The van der Waals surface area contributed by atoms with Gasteiger partial charge in [-0.3, -0.25) is 4.68 Å². The molecule has 2 heterocycles. The van der Waals surface area contributed by atoms with E-state index < -0.39 is 6.10 Å². The lowest BCUT2D eigenvalue weighted by Crippen LogP contribution is -2.10. The van der Waals surface area contributed by atoms with E-state index in [9.17, 15) is 5.11 Å². The number of aromatic nitrogens is 2. The maximum atomic E-state index is 10.0. The average Bonchev–Trinajstić information content (AvgIpc) is 2.89. The first-order valence-corrected chi connectivity index (χ1v) is 6.11. The smallest absolute Gasteiger partial charge is 0.0845 e. The molecular weight excluding hydrogens is 204 g/mol. The highest BCUT2D eigenvalue weighted by atomic mass is 16.5. The second kappa shape index (κ2) is 5.46. The molecule has 0 aromatic carbocycles. The van der Waals surface area contributed by atoms with Gasteiger partial charge < -0.3 is 9.84 Å². The van der Waals surface area contributed by atoms with E-state index in [2.05, 4.69) is 12.0 Å². The highest BCUT2D eigenvalue weighted by molar-refractivity contribution is 5.08. The monoisotopic (exact) mass is 224 g/mol. The Labute approximate surface area is 96.2 Å². The first-order chi connectivity index (χ1) is 7.79. The van der Waals surface area contributed by atoms with E-state index in [4.69, 9.17) is 4.74 Å². The summed E-state index contributed by atoms with van der Waals surface area (Å²) in [7, 11) is 0. The highest BCUT2D eigenvalue weighted by Crippen LogP contribution is 2.24. The van der Waals surface area contributed by atoms with Crippen LogP contribution < -0.4 is 0 Å². The van der Waals surface area contributed by atoms with Crippen molar-refractivity contribution in [2.45, 2.75) is 51.4 Å². The van der Waals surface area contributed by atoms with Gasteiger partial charge in [-0.2, -0.15) is 5.10 Å². The van der Waals surface area contributed by atoms with Gasteiger partial charge in [-0.05, 0) is 19.3 Å². The maximum Gasteiger partial charge on any atom is 0.0845 e. The molecular formula is C12H20N2O2. The molecule has 0 radical (unpaired) electrons. The summed E-state index contributed by atoms with van der Waals surface area (Å²) in [5.41, 5.74) is 0.906. The number of aliphatic hydroxyl groups is 1. The van der Waals surface area contributed by atoms with Crippen LogP contribution in [0, 0.1) is 0 Å². The molecule has 16 heavy (non-hydrogen) atoms. The van der Waals surface area contributed by atoms with Crippen molar-refractivity contribution in [3.63, 3.8) is 0 Å². The van der Waals surface area contributed by atoms with Crippen molar-refractivity contribution in [3.8, 4) is 0 Å². The van der Waals surface area contributed by atoms with Gasteiger partial charge in [-0.1, -0.05) is 6.92 Å². The van der Waals surface area contributed by atoms with E-state index in [-0.39, 0.29) is 6.10 Å². The largest absolute Gasteiger partial charge is 0.388 e. The third-order valence-electron chi connectivity index (χ3n) is 3.00. The lowest BCUT2D eigenvalue weighted by Gasteiger charge is -2.13. The third-order valence-corrected chi connectivity index (χ3v) is 3.00. The molecule has 0 amide bonds. The first-order valence-electron chi connectivity index (χ1n) is 6.11. The normalized spacial score (nSPS) is 22.5. The van der Waals surface area contributed by atoms with Crippen molar-refractivity contribution in [2.75, 3.05) is 6.61 Å². The van der Waals surface area contributed by atoms with Gasteiger partial charge in [0.1, 0.15) is 0 Å². The van der Waals surface area contributed by atoms with Crippen LogP contribution in [0.5, 0.6) is 0 Å². The third kappa shape index (κ3) is 2.83. The van der Waals surface area contributed by atoms with Gasteiger partial charge in [-0.15, -0.1) is 0 Å². The van der Waals surface area contributed by atoms with Crippen molar-refractivity contribution >= 4 is 0 Å². The molecule has 2 atom stereocenters. The van der Waals surface area contributed by atoms with Crippen molar-refractivity contribution in [2.24, 2.45) is 0 Å². The zero-order chi connectivity index (χ0) is 11.4. The molecule has 4 heteroatoms. The second-order valence-corrected chi connectivity index (χ2v) is 4.42. The molecule has 90 valence electrons. The summed E-state index contributed by atoms with van der Waals surface area (Å²) >= 11 is 0. The highest BCUT2D eigenvalue weighted by Gasteiger charge is 2.21. The molecule has 1 aliphatic heterocycles. The van der Waals surface area contributed by atoms with Crippen molar-refractivity contribution in [3.05, 3.63) is 18.0 Å². The lowest BCUT2D eigenvalue weighted by molar-refractivity contribution is 0.0535. The SMILES string of the molecule is CCCn1cc(C(O)CC2CCCO2)cn1. The molecule has 1 saturated heterocycles. The van der Waals surface area contributed by atoms with Crippen LogP contribution in [-0.4, -0.2) is 27.6 Å². The number of rotatable bonds is 5. The summed E-state index contributed by atoms with van der Waals surface area (Å²) in [4.78, 5) is 0. The second-order valence-electron chi connectivity index (χ2n) is 4.42. The number of hydrogen-bond acceptors (Lipinski definition) is 3. The molecule has 2 unspecified atom stereocenters. The molecule has 1 aromatic heterocycles. The van der Waals surface area contributed by atoms with Crippen molar-refractivity contribution < 1.29 is 9.84 Å². The summed E-state index contributed by atoms with van der Waals surface area (Å²) in [5, 5.41) is 14.2. The van der Waals surface area contributed by atoms with Crippen LogP contribution in [-0.2, 0) is 11.3 Å². The zero-order valence-electron chi connectivity index (χ0n) is 9.80. The van der Waals surface area contributed by atoms with Gasteiger partial charge in [0.15, 0.2) is 0 Å². The van der Waals surface area contributed by atoms with Gasteiger partial charge in [-0.25, -0.2) is 0 Å². The Kier molecular flexibility index (Phi) is 3.96. The van der Waals surface area contributed by atoms with Crippen LogP contribution >= 0.6 is 0 Å². The molecule has 1 N–H and O–H groups in total. The zero-order valence-corrected chi connectivity index (χ0v) is 9.80. The Hall–Kier alpha value is -0.870. The van der Waals surface area contributed by atoms with E-state index >= 15 is 0 Å². The lowest BCUT2D eigenvalue weighted by atomic mass is 10.1. The van der Waals surface area contributed by atoms with Gasteiger partial charge in [0.05, 0.1) is 18.4 Å². The number of nitrogens with zero attached hydrogens (tertiary/aromatic N) is 2. The summed E-state index contributed by atoms with van der Waals surface area (Å²) in [5.74, 6) is 0. The molecule has 1 aliphatic rings. The van der Waals surface area contributed by atoms with Crippen molar-refractivity contribution in [1.82, 2.24) is 9.78 Å². The van der Waals surface area contributed by atoms with Crippen LogP contribution in [0.4, 0.5) is 0 Å². The van der Waals surface area contributed by atoms with E-state index in [0.29, 0.717) is 6.42 Å². The van der Waals surface area contributed by atoms with Gasteiger partial charge >= 0.3 is 0 Å². The van der Waals surface area contributed by atoms with E-state index in [0.717, 1.165) is 38.0 Å². The minimum atomic E-state index is -0.436. The number of aliphatic hydroxyl groups excluding tert-OH is 1. The molecule has 0 aliphatic carbocycles. The van der Waals surface area contributed by atoms with Crippen LogP contribution in [0.1, 0.15) is 44.3 Å². The van der Waals surface area contributed by atoms with Crippen LogP contribution in [0.15, 0.2) is 12.4 Å². The molecule has 0 spiro atoms. The van der Waals surface area contributed by atoms with Gasteiger partial charge in [0.2, 0.25) is 0 Å². The van der Waals surface area contributed by atoms with Crippen LogP contribution in [0.2, 0.25) is 0 Å². The van der Waals surface area contributed by atoms with Crippen molar-refractivity contribution in [1.29, 1.82) is 0 Å². The number of hydrogen-bond donors (Lipinski definition) is 1. The summed E-state index contributed by atoms with van der Waals surface area (Å²) in [6, 6.07) is 0. The van der Waals surface area contributed by atoms with E-state index in [1.165, 1.54) is 0 Å². The Bertz CT molecular complexity index is 319. The predicted molar refractivity (Wildman–Crippen MR) is 61.1 cm³/mol. The topological polar surface area (TPSA) is 47.3 Å². The van der Waals surface area contributed by atoms with E-state index in [1.807, 2.05) is 10.9 Å². The Morgan fingerprint density at radius 2 is 2.56 bits per heavy atom. The molecule has 0 bridgehead atoms. The van der Waals surface area contributed by atoms with Crippen LogP contribution in [0.3, 0.4) is 0 Å². The summed E-state index contributed by atoms with van der Waals surface area (Å²) < 4.78 is 7.40. The van der Waals surface area contributed by atoms with Gasteiger partial charge in [0, 0.05) is 31.3 Å². The van der Waals surface area contributed by atoms with Crippen LogP contribution in [0.25, 0.3) is 0 Å². The molecule has 1 fully saturated rings. The standard InChI is InChI=1S/C12H20N2O2/c1-2-5-14-9-10(8-13-14)12(15)7-11-4-3-6-16-11/h8-9,11-12,15H,2-7H2,1H3. The quantitative estimate of drug-likeness (QED) is 0.831. The minimum Gasteiger partial charge on any atom is -0.388 e. The first kappa shape index (κ1) is 11.6. The Balaban J connectivity index is 1.89. The number of aryl methyl sites for hydroxylation is 1. The molecule has 2 rings (SSSR count). The fourth-order valence-electron chi connectivity index (χ4n) is 2.12. The predicted octanol–water partition coefficient (Wildman–Crippen LogP) is 1.90. The molecule has 4 nitrogen and oxygen atoms in total. The van der Waals surface area contributed by atoms with Gasteiger partial charge in [0.25, 0.3) is 0 Å². The Morgan fingerprint density at radius 1 is 1.69 bits per heavy atom. The van der Waals surface area contributed by atoms with E-state index in [1.54, 1.807) is 6.20 Å². The molecule has 0 saturated carbocycles. The molecule has 1 aromatic rings. The fourth-order valence-corrected chi connectivity index (χ4v) is 2.12. The maximum absolute atomic E-state index is 10.0. The summed E-state index contributed by atoms with van der Waals surface area (Å²) in [6.45, 7) is 3.86.